The normalized spacial score (nSPS) is 10.3. The van der Waals surface area contributed by atoms with Gasteiger partial charge in [-0.1, -0.05) is 23.2 Å². The van der Waals surface area contributed by atoms with Crippen molar-refractivity contribution in [2.24, 2.45) is 0 Å². The Balaban J connectivity index is 2.22. The van der Waals surface area contributed by atoms with E-state index in [1.807, 2.05) is 6.92 Å². The maximum atomic E-state index is 12.3. The van der Waals surface area contributed by atoms with Crippen LogP contribution in [0.3, 0.4) is 0 Å². The molecule has 0 spiro atoms. The fraction of sp³-hybridized carbons (Fsp3) is 0.188. The minimum absolute atomic E-state index is 0.254. The van der Waals surface area contributed by atoms with Crippen LogP contribution in [0.1, 0.15) is 17.3 Å². The number of hydrogen-bond acceptors (Lipinski definition) is 4. The molecule has 0 aromatic heterocycles. The molecule has 7 heteroatoms. The number of carbonyl (C=O) groups excluding carboxylic acids is 1. The number of halogens is 2. The average Bonchev–Trinajstić information content (AvgIpc) is 2.50. The molecule has 0 saturated heterocycles. The minimum atomic E-state index is -0.382. The lowest BCUT2D eigenvalue weighted by Crippen LogP contribution is -2.13. The summed E-state index contributed by atoms with van der Waals surface area (Å²) in [6, 6.07) is 8.00. The van der Waals surface area contributed by atoms with Crippen LogP contribution in [0.4, 0.5) is 11.4 Å². The molecule has 2 rings (SSSR count). The maximum absolute atomic E-state index is 12.3. The first kappa shape index (κ1) is 17.2. The number of nitrogens with two attached hydrogens (primary N) is 1. The quantitative estimate of drug-likeness (QED) is 0.787. The zero-order chi connectivity index (χ0) is 17.0. The van der Waals surface area contributed by atoms with Crippen LogP contribution in [0.25, 0.3) is 0 Å². The predicted molar refractivity (Wildman–Crippen MR) is 93.0 cm³/mol. The third-order valence-corrected chi connectivity index (χ3v) is 3.61. The highest BCUT2D eigenvalue weighted by molar-refractivity contribution is 6.37. The van der Waals surface area contributed by atoms with Gasteiger partial charge in [-0.15, -0.1) is 0 Å². The van der Waals surface area contributed by atoms with E-state index in [0.717, 1.165) is 0 Å². The van der Waals surface area contributed by atoms with Crippen LogP contribution >= 0.6 is 23.2 Å². The Labute approximate surface area is 144 Å². The van der Waals surface area contributed by atoms with Crippen molar-refractivity contribution in [1.29, 1.82) is 0 Å². The predicted octanol–water partition coefficient (Wildman–Crippen LogP) is 4.24. The van der Waals surface area contributed by atoms with Crippen molar-refractivity contribution in [3.8, 4) is 11.5 Å². The second-order valence-electron chi connectivity index (χ2n) is 4.61. The van der Waals surface area contributed by atoms with Crippen molar-refractivity contribution in [1.82, 2.24) is 0 Å². The number of anilines is 2. The Morgan fingerprint density at radius 1 is 1.22 bits per heavy atom. The molecule has 23 heavy (non-hydrogen) atoms. The molecule has 0 aliphatic heterocycles. The van der Waals surface area contributed by atoms with Gasteiger partial charge in [0.15, 0.2) is 5.75 Å². The monoisotopic (exact) mass is 354 g/mol. The van der Waals surface area contributed by atoms with Gasteiger partial charge in [-0.25, -0.2) is 0 Å². The molecule has 0 radical (unpaired) electrons. The van der Waals surface area contributed by atoms with E-state index in [-0.39, 0.29) is 16.0 Å². The van der Waals surface area contributed by atoms with Gasteiger partial charge >= 0.3 is 0 Å². The molecule has 0 fully saturated rings. The molecule has 5 nitrogen and oxygen atoms in total. The molecule has 0 heterocycles. The molecule has 0 saturated carbocycles. The molecule has 0 bridgehead atoms. The third-order valence-electron chi connectivity index (χ3n) is 3.05. The van der Waals surface area contributed by atoms with Gasteiger partial charge in [0.2, 0.25) is 0 Å². The van der Waals surface area contributed by atoms with Gasteiger partial charge in [-0.3, -0.25) is 4.79 Å². The number of ether oxygens (including phenoxy) is 2. The average molecular weight is 355 g/mol. The summed E-state index contributed by atoms with van der Waals surface area (Å²) >= 11 is 12.1. The number of nitrogens with one attached hydrogen (secondary N) is 1. The summed E-state index contributed by atoms with van der Waals surface area (Å²) < 4.78 is 10.4. The van der Waals surface area contributed by atoms with Gasteiger partial charge in [0.25, 0.3) is 5.91 Å². The molecular weight excluding hydrogens is 339 g/mol. The largest absolute Gasteiger partial charge is 0.494 e. The summed E-state index contributed by atoms with van der Waals surface area (Å²) in [6.07, 6.45) is 0. The first-order valence-corrected chi connectivity index (χ1v) is 7.58. The summed E-state index contributed by atoms with van der Waals surface area (Å²) in [5.41, 5.74) is 7.09. The second kappa shape index (κ2) is 7.44. The van der Waals surface area contributed by atoms with Crippen LogP contribution in [0.2, 0.25) is 10.0 Å². The lowest BCUT2D eigenvalue weighted by molar-refractivity contribution is 0.102. The van der Waals surface area contributed by atoms with Crippen molar-refractivity contribution in [2.75, 3.05) is 24.8 Å². The Morgan fingerprint density at radius 2 is 1.87 bits per heavy atom. The van der Waals surface area contributed by atoms with Crippen molar-refractivity contribution < 1.29 is 14.3 Å². The Hall–Kier alpha value is -2.11. The molecule has 2 aromatic carbocycles. The SMILES string of the molecule is CCOc1ccc(NC(=O)c2cc(Cl)c(OC)c(Cl)c2)c(N)c1. The summed E-state index contributed by atoms with van der Waals surface area (Å²) in [5, 5.41) is 3.22. The number of carbonyl (C=O) groups is 1. The van der Waals surface area contributed by atoms with E-state index < -0.39 is 0 Å². The fourth-order valence-corrected chi connectivity index (χ4v) is 2.63. The van der Waals surface area contributed by atoms with Crippen LogP contribution in [0.5, 0.6) is 11.5 Å². The zero-order valence-electron chi connectivity index (χ0n) is 12.7. The molecule has 122 valence electrons. The first-order chi connectivity index (χ1) is 11.0. The van der Waals surface area contributed by atoms with Gasteiger partial charge in [0, 0.05) is 11.6 Å². The van der Waals surface area contributed by atoms with Crippen molar-refractivity contribution in [3.05, 3.63) is 45.9 Å². The Bertz CT molecular complexity index is 712. The molecule has 0 aliphatic carbocycles. The Kier molecular flexibility index (Phi) is 5.58. The highest BCUT2D eigenvalue weighted by Gasteiger charge is 2.14. The van der Waals surface area contributed by atoms with Gasteiger partial charge in [0.1, 0.15) is 5.75 Å². The molecule has 1 amide bonds. The molecule has 0 unspecified atom stereocenters. The molecule has 3 N–H and O–H groups in total. The number of nitrogen functional groups attached to an aromatic ring is 1. The van der Waals surface area contributed by atoms with Crippen LogP contribution < -0.4 is 20.5 Å². The van der Waals surface area contributed by atoms with E-state index in [1.54, 1.807) is 18.2 Å². The fourth-order valence-electron chi connectivity index (χ4n) is 1.99. The Morgan fingerprint density at radius 3 is 2.39 bits per heavy atom. The maximum Gasteiger partial charge on any atom is 0.255 e. The lowest BCUT2D eigenvalue weighted by atomic mass is 10.2. The highest BCUT2D eigenvalue weighted by Crippen LogP contribution is 2.34. The zero-order valence-corrected chi connectivity index (χ0v) is 14.2. The van der Waals surface area contributed by atoms with Gasteiger partial charge in [-0.2, -0.15) is 0 Å². The smallest absolute Gasteiger partial charge is 0.255 e. The minimum Gasteiger partial charge on any atom is -0.494 e. The topological polar surface area (TPSA) is 73.6 Å². The lowest BCUT2D eigenvalue weighted by Gasteiger charge is -2.12. The highest BCUT2D eigenvalue weighted by atomic mass is 35.5. The summed E-state index contributed by atoms with van der Waals surface area (Å²) in [4.78, 5) is 12.3. The number of benzene rings is 2. The van der Waals surface area contributed by atoms with Gasteiger partial charge in [0.05, 0.1) is 35.1 Å². The number of amides is 1. The standard InChI is InChI=1S/C16H16Cl2N2O3/c1-3-23-10-4-5-14(13(19)8-10)20-16(21)9-6-11(17)15(22-2)12(18)7-9/h4-8H,3,19H2,1-2H3,(H,20,21). The molecular formula is C16H16Cl2N2O3. The van der Waals surface area contributed by atoms with Crippen molar-refractivity contribution >= 4 is 40.5 Å². The summed E-state index contributed by atoms with van der Waals surface area (Å²) in [5.74, 6) is 0.580. The van der Waals surface area contributed by atoms with Crippen molar-refractivity contribution in [2.45, 2.75) is 6.92 Å². The van der Waals surface area contributed by atoms with E-state index in [4.69, 9.17) is 38.4 Å². The van der Waals surface area contributed by atoms with Gasteiger partial charge < -0.3 is 20.5 Å². The van der Waals surface area contributed by atoms with Crippen molar-refractivity contribution in [3.63, 3.8) is 0 Å². The van der Waals surface area contributed by atoms with Crippen LogP contribution in [-0.2, 0) is 0 Å². The van der Waals surface area contributed by atoms with E-state index in [9.17, 15) is 4.79 Å². The van der Waals surface area contributed by atoms with Gasteiger partial charge in [-0.05, 0) is 31.2 Å². The first-order valence-electron chi connectivity index (χ1n) is 6.83. The number of hydrogen-bond donors (Lipinski definition) is 2. The molecule has 0 atom stereocenters. The third kappa shape index (κ3) is 4.00. The van der Waals surface area contributed by atoms with Crippen LogP contribution in [-0.4, -0.2) is 19.6 Å². The summed E-state index contributed by atoms with van der Waals surface area (Å²) in [6.45, 7) is 2.41. The van der Waals surface area contributed by atoms with E-state index in [0.29, 0.717) is 35.0 Å². The van der Waals surface area contributed by atoms with Crippen LogP contribution in [0.15, 0.2) is 30.3 Å². The summed E-state index contributed by atoms with van der Waals surface area (Å²) in [7, 11) is 1.45. The second-order valence-corrected chi connectivity index (χ2v) is 5.42. The van der Waals surface area contributed by atoms with E-state index in [1.165, 1.54) is 19.2 Å². The van der Waals surface area contributed by atoms with E-state index >= 15 is 0 Å². The van der Waals surface area contributed by atoms with E-state index in [2.05, 4.69) is 5.32 Å². The molecule has 2 aromatic rings. The molecule has 0 aliphatic rings. The number of methoxy groups -OCH3 is 1. The number of rotatable bonds is 5. The van der Waals surface area contributed by atoms with Crippen LogP contribution in [0, 0.1) is 0 Å².